The van der Waals surface area contributed by atoms with E-state index in [-0.39, 0.29) is 5.92 Å². The molecule has 0 aliphatic heterocycles. The van der Waals surface area contributed by atoms with E-state index in [9.17, 15) is 4.79 Å². The van der Waals surface area contributed by atoms with Crippen molar-refractivity contribution in [3.8, 4) is 5.75 Å². The molecule has 1 saturated carbocycles. The van der Waals surface area contributed by atoms with Crippen molar-refractivity contribution in [1.29, 1.82) is 0 Å². The van der Waals surface area contributed by atoms with E-state index in [4.69, 9.17) is 9.84 Å². The Morgan fingerprint density at radius 2 is 2.00 bits per heavy atom. The second-order valence-electron chi connectivity index (χ2n) is 7.76. The minimum Gasteiger partial charge on any atom is -0.493 e. The van der Waals surface area contributed by atoms with Gasteiger partial charge in [0.1, 0.15) is 5.75 Å². The van der Waals surface area contributed by atoms with E-state index in [1.165, 1.54) is 17.5 Å². The van der Waals surface area contributed by atoms with Crippen molar-refractivity contribution in [2.75, 3.05) is 6.61 Å². The van der Waals surface area contributed by atoms with Crippen molar-refractivity contribution in [2.45, 2.75) is 71.9 Å². The van der Waals surface area contributed by atoms with E-state index in [0.29, 0.717) is 12.0 Å². The highest BCUT2D eigenvalue weighted by Gasteiger charge is 2.25. The number of aliphatic carboxylic acids is 1. The Kier molecular flexibility index (Phi) is 7.76. The van der Waals surface area contributed by atoms with Gasteiger partial charge in [-0.3, -0.25) is 4.79 Å². The third-order valence-corrected chi connectivity index (χ3v) is 5.06. The van der Waals surface area contributed by atoms with Crippen LogP contribution in [0.25, 0.3) is 0 Å². The lowest BCUT2D eigenvalue weighted by molar-refractivity contribution is -0.142. The van der Waals surface area contributed by atoms with Gasteiger partial charge in [0.25, 0.3) is 0 Å². The van der Waals surface area contributed by atoms with E-state index in [2.05, 4.69) is 44.3 Å². The van der Waals surface area contributed by atoms with Crippen molar-refractivity contribution in [2.24, 2.45) is 11.8 Å². The summed E-state index contributed by atoms with van der Waals surface area (Å²) in [5.74, 6) is 0.894. The minimum absolute atomic E-state index is 0.155. The van der Waals surface area contributed by atoms with Crippen molar-refractivity contribution in [3.63, 3.8) is 0 Å². The average Bonchev–Trinajstić information content (AvgIpc) is 2.58. The number of rotatable bonds is 9. The molecule has 0 radical (unpaired) electrons. The van der Waals surface area contributed by atoms with Crippen LogP contribution in [0.5, 0.6) is 5.75 Å². The molecule has 0 bridgehead atoms. The van der Waals surface area contributed by atoms with Crippen molar-refractivity contribution in [3.05, 3.63) is 29.3 Å². The summed E-state index contributed by atoms with van der Waals surface area (Å²) in [4.78, 5) is 11.0. The number of nitrogens with one attached hydrogen (secondary N) is 1. The number of benzene rings is 1. The van der Waals surface area contributed by atoms with Crippen LogP contribution < -0.4 is 10.1 Å². The molecule has 1 aromatic rings. The molecule has 4 heteroatoms. The summed E-state index contributed by atoms with van der Waals surface area (Å²) in [6, 6.07) is 6.79. The molecule has 0 heterocycles. The first-order valence-electron chi connectivity index (χ1n) is 9.64. The van der Waals surface area contributed by atoms with Crippen molar-refractivity contribution in [1.82, 2.24) is 5.32 Å². The van der Waals surface area contributed by atoms with Crippen LogP contribution in [0.3, 0.4) is 0 Å². The zero-order valence-corrected chi connectivity index (χ0v) is 15.9. The molecular formula is C21H33NO3. The van der Waals surface area contributed by atoms with E-state index in [0.717, 1.165) is 51.0 Å². The second-order valence-corrected chi connectivity index (χ2v) is 7.76. The lowest BCUT2D eigenvalue weighted by atomic mass is 9.86. The van der Waals surface area contributed by atoms with Crippen LogP contribution in [-0.4, -0.2) is 23.7 Å². The summed E-state index contributed by atoms with van der Waals surface area (Å²) in [7, 11) is 0. The summed E-state index contributed by atoms with van der Waals surface area (Å²) >= 11 is 0. The quantitative estimate of drug-likeness (QED) is 0.644. The van der Waals surface area contributed by atoms with Gasteiger partial charge in [0, 0.05) is 18.2 Å². The summed E-state index contributed by atoms with van der Waals surface area (Å²) in [6.07, 6.45) is 5.70. The molecule has 1 aromatic carbocycles. The number of carbonyl (C=O) groups is 1. The summed E-state index contributed by atoms with van der Waals surface area (Å²) in [5.41, 5.74) is 2.40. The Balaban J connectivity index is 1.83. The van der Waals surface area contributed by atoms with Gasteiger partial charge in [-0.2, -0.15) is 0 Å². The molecule has 140 valence electrons. The Morgan fingerprint density at radius 3 is 2.64 bits per heavy atom. The third kappa shape index (κ3) is 6.69. The Labute approximate surface area is 152 Å². The minimum atomic E-state index is -0.644. The van der Waals surface area contributed by atoms with Crippen LogP contribution in [0.2, 0.25) is 0 Å². The highest BCUT2D eigenvalue weighted by atomic mass is 16.5. The lowest BCUT2D eigenvalue weighted by Crippen LogP contribution is -2.34. The standard InChI is InChI=1S/C21H33NO3/c1-15(2)5-4-12-25-20-13-16(3)6-7-18(20)14-22-19-10-8-17(9-11-19)21(23)24/h6-7,13,15,17,19,22H,4-5,8-12,14H2,1-3H3,(H,23,24). The van der Waals surface area contributed by atoms with E-state index in [1.807, 2.05) is 0 Å². The SMILES string of the molecule is Cc1ccc(CNC2CCC(C(=O)O)CC2)c(OCCCC(C)C)c1. The number of carboxylic acid groups (broad SMARTS) is 1. The first-order chi connectivity index (χ1) is 12.0. The molecule has 0 unspecified atom stereocenters. The maximum absolute atomic E-state index is 11.0. The molecule has 25 heavy (non-hydrogen) atoms. The molecule has 4 nitrogen and oxygen atoms in total. The van der Waals surface area contributed by atoms with Crippen LogP contribution in [0.15, 0.2) is 18.2 Å². The number of hydrogen-bond donors (Lipinski definition) is 2. The maximum atomic E-state index is 11.0. The molecular weight excluding hydrogens is 314 g/mol. The Bertz CT molecular complexity index is 548. The first kappa shape index (κ1) is 19.8. The molecule has 1 aliphatic carbocycles. The van der Waals surface area contributed by atoms with Gasteiger partial charge < -0.3 is 15.2 Å². The summed E-state index contributed by atoms with van der Waals surface area (Å²) < 4.78 is 6.04. The topological polar surface area (TPSA) is 58.6 Å². The molecule has 2 rings (SSSR count). The molecule has 0 atom stereocenters. The smallest absolute Gasteiger partial charge is 0.306 e. The molecule has 1 aliphatic rings. The molecule has 0 aromatic heterocycles. The van der Waals surface area contributed by atoms with E-state index < -0.39 is 5.97 Å². The van der Waals surface area contributed by atoms with Gasteiger partial charge in [-0.05, 0) is 63.0 Å². The molecule has 0 spiro atoms. The fourth-order valence-corrected chi connectivity index (χ4v) is 3.41. The average molecular weight is 347 g/mol. The van der Waals surface area contributed by atoms with Crippen LogP contribution in [0.4, 0.5) is 0 Å². The predicted octanol–water partition coefficient (Wildman–Crippen LogP) is 4.54. The second kappa shape index (κ2) is 9.81. The van der Waals surface area contributed by atoms with Gasteiger partial charge >= 0.3 is 5.97 Å². The molecule has 1 fully saturated rings. The fourth-order valence-electron chi connectivity index (χ4n) is 3.41. The number of hydrogen-bond acceptors (Lipinski definition) is 3. The fraction of sp³-hybridized carbons (Fsp3) is 0.667. The number of aryl methyl sites for hydroxylation is 1. The van der Waals surface area contributed by atoms with Crippen LogP contribution in [0, 0.1) is 18.8 Å². The van der Waals surface area contributed by atoms with Crippen molar-refractivity contribution < 1.29 is 14.6 Å². The van der Waals surface area contributed by atoms with Crippen LogP contribution in [0.1, 0.15) is 63.5 Å². The van der Waals surface area contributed by atoms with E-state index in [1.54, 1.807) is 0 Å². The third-order valence-electron chi connectivity index (χ3n) is 5.06. The first-order valence-corrected chi connectivity index (χ1v) is 9.64. The monoisotopic (exact) mass is 347 g/mol. The molecule has 2 N–H and O–H groups in total. The maximum Gasteiger partial charge on any atom is 0.306 e. The molecule has 0 saturated heterocycles. The highest BCUT2D eigenvalue weighted by molar-refractivity contribution is 5.70. The largest absolute Gasteiger partial charge is 0.493 e. The zero-order chi connectivity index (χ0) is 18.2. The molecule has 0 amide bonds. The number of carboxylic acids is 1. The lowest BCUT2D eigenvalue weighted by Gasteiger charge is -2.27. The van der Waals surface area contributed by atoms with Crippen molar-refractivity contribution >= 4 is 5.97 Å². The highest BCUT2D eigenvalue weighted by Crippen LogP contribution is 2.26. The van der Waals surface area contributed by atoms with Gasteiger partial charge in [0.15, 0.2) is 0 Å². The normalized spacial score (nSPS) is 20.6. The van der Waals surface area contributed by atoms with Gasteiger partial charge in [0.2, 0.25) is 0 Å². The number of ether oxygens (including phenoxy) is 1. The summed E-state index contributed by atoms with van der Waals surface area (Å²) in [6.45, 7) is 8.11. The van der Waals surface area contributed by atoms with Gasteiger partial charge in [-0.25, -0.2) is 0 Å². The Morgan fingerprint density at radius 1 is 1.28 bits per heavy atom. The van der Waals surface area contributed by atoms with Gasteiger partial charge in [-0.1, -0.05) is 26.0 Å². The van der Waals surface area contributed by atoms with E-state index >= 15 is 0 Å². The Hall–Kier alpha value is -1.55. The van der Waals surface area contributed by atoms with Gasteiger partial charge in [0.05, 0.1) is 12.5 Å². The van der Waals surface area contributed by atoms with Crippen LogP contribution in [-0.2, 0) is 11.3 Å². The van der Waals surface area contributed by atoms with Gasteiger partial charge in [-0.15, -0.1) is 0 Å². The van der Waals surface area contributed by atoms with Crippen LogP contribution >= 0.6 is 0 Å². The predicted molar refractivity (Wildman–Crippen MR) is 101 cm³/mol. The zero-order valence-electron chi connectivity index (χ0n) is 15.9. The summed E-state index contributed by atoms with van der Waals surface area (Å²) in [5, 5.41) is 12.7.